The van der Waals surface area contributed by atoms with Gasteiger partial charge in [-0.15, -0.1) is 11.3 Å². The molecule has 1 atom stereocenters. The summed E-state index contributed by atoms with van der Waals surface area (Å²) < 4.78 is 11.9. The fraction of sp³-hybridized carbons (Fsp3) is 0.722. The topological polar surface area (TPSA) is 42.0 Å². The lowest BCUT2D eigenvalue weighted by Crippen LogP contribution is -2.44. The number of aryl methyl sites for hydroxylation is 1. The molecule has 1 aromatic rings. The largest absolute Gasteiger partial charge is 0.372 e. The van der Waals surface area contributed by atoms with Crippen molar-refractivity contribution in [3.05, 3.63) is 21.9 Å². The molecule has 0 aromatic carbocycles. The fourth-order valence-corrected chi connectivity index (χ4v) is 4.41. The van der Waals surface area contributed by atoms with Crippen molar-refractivity contribution in [2.75, 3.05) is 40.4 Å². The Bertz CT molecular complexity index is 564. The average molecular weight is 353 g/mol. The van der Waals surface area contributed by atoms with Crippen LogP contribution in [0.1, 0.15) is 29.7 Å². The molecule has 2 aliphatic rings. The number of carbonyl (C=O) groups is 1. The maximum absolute atomic E-state index is 11.6. The van der Waals surface area contributed by atoms with Crippen LogP contribution >= 0.6 is 11.3 Å². The third-order valence-electron chi connectivity index (χ3n) is 5.22. The monoisotopic (exact) mass is 352 g/mol. The van der Waals surface area contributed by atoms with Crippen LogP contribution in [0.4, 0.5) is 0 Å². The normalized spacial score (nSPS) is 23.7. The molecule has 6 heteroatoms. The molecule has 5 nitrogen and oxygen atoms in total. The highest BCUT2D eigenvalue weighted by molar-refractivity contribution is 7.10. The van der Waals surface area contributed by atoms with E-state index in [4.69, 9.17) is 9.47 Å². The van der Waals surface area contributed by atoms with Crippen molar-refractivity contribution in [3.8, 4) is 0 Å². The number of nitrogens with zero attached hydrogens (tertiary/aromatic N) is 2. The molecule has 0 aliphatic carbocycles. The predicted octanol–water partition coefficient (Wildman–Crippen LogP) is 2.28. The zero-order valence-corrected chi connectivity index (χ0v) is 15.7. The first-order valence-electron chi connectivity index (χ1n) is 8.68. The molecule has 3 heterocycles. The van der Waals surface area contributed by atoms with E-state index in [1.807, 2.05) is 11.3 Å². The minimum Gasteiger partial charge on any atom is -0.372 e. The smallest absolute Gasteiger partial charge is 0.248 e. The van der Waals surface area contributed by atoms with E-state index in [9.17, 15) is 4.79 Å². The zero-order valence-electron chi connectivity index (χ0n) is 14.9. The number of rotatable bonds is 5. The molecule has 3 rings (SSSR count). The molecule has 0 saturated carbocycles. The van der Waals surface area contributed by atoms with E-state index < -0.39 is 0 Å². The summed E-state index contributed by atoms with van der Waals surface area (Å²) >= 11 is 1.85. The molecule has 1 amide bonds. The number of hydrogen-bond acceptors (Lipinski definition) is 5. The van der Waals surface area contributed by atoms with Crippen molar-refractivity contribution in [1.29, 1.82) is 0 Å². The number of thiophene rings is 1. The van der Waals surface area contributed by atoms with Crippen LogP contribution in [0.5, 0.6) is 0 Å². The van der Waals surface area contributed by atoms with Crippen molar-refractivity contribution < 1.29 is 14.3 Å². The summed E-state index contributed by atoms with van der Waals surface area (Å²) in [6.07, 6.45) is 3.08. The van der Waals surface area contributed by atoms with Crippen LogP contribution in [-0.2, 0) is 20.8 Å². The number of ether oxygens (including phenoxy) is 2. The Morgan fingerprint density at radius 1 is 1.46 bits per heavy atom. The van der Waals surface area contributed by atoms with Crippen LogP contribution in [0.3, 0.4) is 0 Å². The second kappa shape index (κ2) is 7.52. The molecule has 0 N–H and O–H groups in total. The maximum Gasteiger partial charge on any atom is 0.248 e. The first kappa shape index (κ1) is 17.9. The van der Waals surface area contributed by atoms with Gasteiger partial charge >= 0.3 is 0 Å². The van der Waals surface area contributed by atoms with Gasteiger partial charge in [-0.2, -0.15) is 0 Å². The van der Waals surface area contributed by atoms with Crippen LogP contribution in [-0.4, -0.2) is 67.8 Å². The summed E-state index contributed by atoms with van der Waals surface area (Å²) in [5.41, 5.74) is 1.36. The Morgan fingerprint density at radius 2 is 2.21 bits per heavy atom. The van der Waals surface area contributed by atoms with Crippen molar-refractivity contribution in [3.63, 3.8) is 0 Å². The van der Waals surface area contributed by atoms with Gasteiger partial charge in [0.25, 0.3) is 0 Å². The third-order valence-corrected chi connectivity index (χ3v) is 6.23. The number of amides is 1. The number of carbonyl (C=O) groups excluding carboxylic acids is 1. The van der Waals surface area contributed by atoms with Gasteiger partial charge in [-0.05, 0) is 36.8 Å². The van der Waals surface area contributed by atoms with Crippen LogP contribution < -0.4 is 0 Å². The molecular formula is C18H28N2O3S. The lowest BCUT2D eigenvalue weighted by atomic mass is 9.88. The van der Waals surface area contributed by atoms with Gasteiger partial charge in [-0.3, -0.25) is 9.69 Å². The fourth-order valence-electron chi connectivity index (χ4n) is 3.46. The Labute approximate surface area is 148 Å². The van der Waals surface area contributed by atoms with Crippen LogP contribution in [0.25, 0.3) is 0 Å². The minimum absolute atomic E-state index is 0.0112. The minimum atomic E-state index is -0.0349. The Hall–Kier alpha value is -0.950. The first-order valence-corrected chi connectivity index (χ1v) is 9.56. The van der Waals surface area contributed by atoms with Gasteiger partial charge in [-0.1, -0.05) is 0 Å². The Morgan fingerprint density at radius 3 is 2.83 bits per heavy atom. The van der Waals surface area contributed by atoms with Gasteiger partial charge in [-0.25, -0.2) is 0 Å². The van der Waals surface area contributed by atoms with E-state index in [2.05, 4.69) is 23.3 Å². The summed E-state index contributed by atoms with van der Waals surface area (Å²) in [7, 11) is 3.51. The second-order valence-electron chi connectivity index (χ2n) is 7.22. The number of piperidine rings is 1. The molecule has 0 unspecified atom stereocenters. The summed E-state index contributed by atoms with van der Waals surface area (Å²) in [6, 6.07) is 2.20. The van der Waals surface area contributed by atoms with Gasteiger partial charge in [0.05, 0.1) is 18.3 Å². The highest BCUT2D eigenvalue weighted by Gasteiger charge is 2.43. The number of likely N-dealkylation sites (tertiary alicyclic amines) is 1. The van der Waals surface area contributed by atoms with Gasteiger partial charge < -0.3 is 14.4 Å². The van der Waals surface area contributed by atoms with Crippen molar-refractivity contribution in [2.24, 2.45) is 0 Å². The number of likely N-dealkylation sites (N-methyl/N-ethyl adjacent to an activating group) is 1. The van der Waals surface area contributed by atoms with Crippen molar-refractivity contribution in [2.45, 2.75) is 44.4 Å². The molecule has 2 saturated heterocycles. The molecular weight excluding hydrogens is 324 g/mol. The standard InChI is InChI=1S/C18H28N2O3S/c1-14-4-9-24-16(14)11-20-7-5-18(6-8-20)10-15(12-23-18)22-13-17(21)19(2)3/h4,9,15H,5-8,10-13H2,1-3H3/t15-/m0/s1. The second-order valence-corrected chi connectivity index (χ2v) is 8.22. The molecule has 2 fully saturated rings. The lowest BCUT2D eigenvalue weighted by molar-refractivity contribution is -0.135. The van der Waals surface area contributed by atoms with Crippen LogP contribution in [0.2, 0.25) is 0 Å². The summed E-state index contributed by atoms with van der Waals surface area (Å²) in [4.78, 5) is 17.2. The van der Waals surface area contributed by atoms with E-state index in [1.54, 1.807) is 19.0 Å². The molecule has 24 heavy (non-hydrogen) atoms. The summed E-state index contributed by atoms with van der Waals surface area (Å²) in [5.74, 6) is 0.0112. The van der Waals surface area contributed by atoms with Gasteiger partial charge in [0, 0.05) is 45.0 Å². The first-order chi connectivity index (χ1) is 11.5. The molecule has 0 bridgehead atoms. The third kappa shape index (κ3) is 4.17. The summed E-state index contributed by atoms with van der Waals surface area (Å²) in [5, 5.41) is 2.17. The van der Waals surface area contributed by atoms with Crippen LogP contribution in [0, 0.1) is 6.92 Å². The average Bonchev–Trinajstić information content (AvgIpc) is 3.14. The molecule has 2 aliphatic heterocycles. The summed E-state index contributed by atoms with van der Waals surface area (Å²) in [6.45, 7) is 6.15. The molecule has 0 radical (unpaired) electrons. The lowest BCUT2D eigenvalue weighted by Gasteiger charge is -2.38. The maximum atomic E-state index is 11.6. The number of hydrogen-bond donors (Lipinski definition) is 0. The quantitative estimate of drug-likeness (QED) is 0.815. The molecule has 134 valence electrons. The van der Waals surface area contributed by atoms with E-state index in [1.165, 1.54) is 10.4 Å². The van der Waals surface area contributed by atoms with Gasteiger partial charge in [0.15, 0.2) is 0 Å². The van der Waals surface area contributed by atoms with Gasteiger partial charge in [0.1, 0.15) is 6.61 Å². The van der Waals surface area contributed by atoms with E-state index in [-0.39, 0.29) is 24.2 Å². The Balaban J connectivity index is 1.44. The highest BCUT2D eigenvalue weighted by Crippen LogP contribution is 2.37. The predicted molar refractivity (Wildman–Crippen MR) is 95.3 cm³/mol. The van der Waals surface area contributed by atoms with E-state index >= 15 is 0 Å². The van der Waals surface area contributed by atoms with Gasteiger partial charge in [0.2, 0.25) is 5.91 Å². The SMILES string of the molecule is Cc1ccsc1CN1CCC2(CC1)C[C@H](OCC(=O)N(C)C)CO2. The van der Waals surface area contributed by atoms with Crippen molar-refractivity contribution >= 4 is 17.2 Å². The van der Waals surface area contributed by atoms with E-state index in [0.29, 0.717) is 6.61 Å². The van der Waals surface area contributed by atoms with Crippen LogP contribution in [0.15, 0.2) is 11.4 Å². The Kier molecular flexibility index (Phi) is 5.59. The van der Waals surface area contributed by atoms with Crippen molar-refractivity contribution in [1.82, 2.24) is 9.80 Å². The highest BCUT2D eigenvalue weighted by atomic mass is 32.1. The zero-order chi connectivity index (χ0) is 17.2. The van der Waals surface area contributed by atoms with E-state index in [0.717, 1.165) is 38.9 Å². The molecule has 1 aromatic heterocycles. The molecule has 1 spiro atoms.